The molecule has 4 N–H and O–H groups in total. The van der Waals surface area contributed by atoms with Gasteiger partial charge in [0.15, 0.2) is 0 Å². The summed E-state index contributed by atoms with van der Waals surface area (Å²) in [6.07, 6.45) is 2.25. The Bertz CT molecular complexity index is 1020. The highest BCUT2D eigenvalue weighted by Crippen LogP contribution is 2.44. The van der Waals surface area contributed by atoms with Gasteiger partial charge in [-0.3, -0.25) is 4.79 Å². The lowest BCUT2D eigenvalue weighted by atomic mass is 9.92. The van der Waals surface area contributed by atoms with E-state index in [1.165, 1.54) is 0 Å². The zero-order valence-electron chi connectivity index (χ0n) is 19.0. The van der Waals surface area contributed by atoms with E-state index in [9.17, 15) is 19.5 Å². The second kappa shape index (κ2) is 10.3. The first-order chi connectivity index (χ1) is 16.4. The predicted octanol–water partition coefficient (Wildman–Crippen LogP) is 3.18. The van der Waals surface area contributed by atoms with Crippen LogP contribution in [0.5, 0.6) is 0 Å². The van der Waals surface area contributed by atoms with Gasteiger partial charge in [-0.1, -0.05) is 61.4 Å². The van der Waals surface area contributed by atoms with Crippen molar-refractivity contribution < 1.29 is 29.3 Å². The van der Waals surface area contributed by atoms with Gasteiger partial charge in [0.05, 0.1) is 5.54 Å². The molecule has 0 heterocycles. The molecule has 1 atom stereocenters. The summed E-state index contributed by atoms with van der Waals surface area (Å²) in [6.45, 7) is -0.167. The number of ether oxygens (including phenoxy) is 1. The van der Waals surface area contributed by atoms with Crippen LogP contribution in [-0.2, 0) is 14.3 Å². The van der Waals surface area contributed by atoms with Crippen LogP contribution in [0.4, 0.5) is 4.79 Å². The number of carboxylic acid groups (broad SMARTS) is 1. The normalized spacial score (nSPS) is 16.9. The zero-order valence-corrected chi connectivity index (χ0v) is 19.0. The van der Waals surface area contributed by atoms with Crippen LogP contribution >= 0.6 is 0 Å². The summed E-state index contributed by atoms with van der Waals surface area (Å²) in [7, 11) is 0. The van der Waals surface area contributed by atoms with E-state index in [4.69, 9.17) is 9.84 Å². The molecule has 180 valence electrons. The molecule has 0 spiro atoms. The third kappa shape index (κ3) is 5.07. The minimum Gasteiger partial charge on any atom is -0.480 e. The number of aliphatic carboxylic acids is 1. The standard InChI is InChI=1S/C26H30N2O6/c29-14-11-22(24(31)32)27-23(30)15-26(12-5-6-13-26)28-25(33)34-16-21-19-9-3-1-7-17(19)18-8-2-4-10-20(18)21/h1-4,7-10,21-22,29H,5-6,11-16H2,(H,27,30)(H,28,33)(H,31,32). The lowest BCUT2D eigenvalue weighted by Crippen LogP contribution is -2.51. The Balaban J connectivity index is 1.39. The highest BCUT2D eigenvalue weighted by Gasteiger charge is 2.39. The van der Waals surface area contributed by atoms with E-state index >= 15 is 0 Å². The van der Waals surface area contributed by atoms with E-state index in [2.05, 4.69) is 34.9 Å². The second-order valence-corrected chi connectivity index (χ2v) is 9.09. The van der Waals surface area contributed by atoms with Crippen molar-refractivity contribution in [2.45, 2.75) is 56.0 Å². The van der Waals surface area contributed by atoms with E-state index in [-0.39, 0.29) is 32.0 Å². The van der Waals surface area contributed by atoms with Gasteiger partial charge < -0.3 is 25.6 Å². The minimum absolute atomic E-state index is 0.0353. The monoisotopic (exact) mass is 466 g/mol. The molecule has 8 heteroatoms. The number of hydrogen-bond acceptors (Lipinski definition) is 5. The van der Waals surface area contributed by atoms with E-state index in [0.29, 0.717) is 12.8 Å². The molecule has 2 aliphatic rings. The van der Waals surface area contributed by atoms with E-state index in [0.717, 1.165) is 35.1 Å². The molecule has 2 aromatic rings. The Morgan fingerprint density at radius 3 is 2.15 bits per heavy atom. The molecule has 0 saturated heterocycles. The molecule has 1 unspecified atom stereocenters. The van der Waals surface area contributed by atoms with Crippen molar-refractivity contribution in [2.75, 3.05) is 13.2 Å². The van der Waals surface area contributed by atoms with E-state index < -0.39 is 29.6 Å². The second-order valence-electron chi connectivity index (χ2n) is 9.09. The molecular weight excluding hydrogens is 436 g/mol. The number of nitrogens with one attached hydrogen (secondary N) is 2. The van der Waals surface area contributed by atoms with Gasteiger partial charge in [0.25, 0.3) is 0 Å². The van der Waals surface area contributed by atoms with E-state index in [1.54, 1.807) is 0 Å². The first-order valence-corrected chi connectivity index (χ1v) is 11.7. The first kappa shape index (κ1) is 23.8. The Labute approximate surface area is 198 Å². The van der Waals surface area contributed by atoms with Gasteiger partial charge in [0, 0.05) is 25.4 Å². The summed E-state index contributed by atoms with van der Waals surface area (Å²) in [5.41, 5.74) is 3.76. The summed E-state index contributed by atoms with van der Waals surface area (Å²) in [5, 5.41) is 23.6. The molecule has 0 aliphatic heterocycles. The molecule has 0 aromatic heterocycles. The molecular formula is C26H30N2O6. The number of amides is 2. The largest absolute Gasteiger partial charge is 0.480 e. The van der Waals surface area contributed by atoms with Gasteiger partial charge in [-0.2, -0.15) is 0 Å². The number of rotatable bonds is 9. The molecule has 2 aliphatic carbocycles. The molecule has 0 bridgehead atoms. The fraction of sp³-hybridized carbons (Fsp3) is 0.423. The average Bonchev–Trinajstić information content (AvgIpc) is 3.39. The number of fused-ring (bicyclic) bond motifs is 3. The maximum Gasteiger partial charge on any atom is 0.407 e. The van der Waals surface area contributed by atoms with Crippen molar-refractivity contribution in [2.24, 2.45) is 0 Å². The molecule has 4 rings (SSSR count). The van der Waals surface area contributed by atoms with Gasteiger partial charge in [-0.25, -0.2) is 9.59 Å². The van der Waals surface area contributed by atoms with Crippen LogP contribution in [0.1, 0.15) is 55.6 Å². The van der Waals surface area contributed by atoms with E-state index in [1.807, 2.05) is 24.3 Å². The minimum atomic E-state index is -1.20. The van der Waals surface area contributed by atoms with Gasteiger partial charge in [0.2, 0.25) is 5.91 Å². The lowest BCUT2D eigenvalue weighted by molar-refractivity contribution is -0.142. The zero-order chi connectivity index (χ0) is 24.1. The van der Waals surface area contributed by atoms with Crippen molar-refractivity contribution in [1.29, 1.82) is 0 Å². The summed E-state index contributed by atoms with van der Waals surface area (Å²) in [4.78, 5) is 36.7. The van der Waals surface area contributed by atoms with Crippen molar-refractivity contribution >= 4 is 18.0 Å². The molecule has 0 radical (unpaired) electrons. The number of hydrogen-bond donors (Lipinski definition) is 4. The van der Waals surface area contributed by atoms with Crippen molar-refractivity contribution in [3.63, 3.8) is 0 Å². The third-order valence-electron chi connectivity index (χ3n) is 6.82. The fourth-order valence-electron chi connectivity index (χ4n) is 5.19. The van der Waals surface area contributed by atoms with Crippen LogP contribution in [0.3, 0.4) is 0 Å². The molecule has 8 nitrogen and oxygen atoms in total. The maximum absolute atomic E-state index is 12.8. The smallest absolute Gasteiger partial charge is 0.407 e. The highest BCUT2D eigenvalue weighted by molar-refractivity contribution is 5.85. The van der Waals surface area contributed by atoms with Gasteiger partial charge in [-0.15, -0.1) is 0 Å². The average molecular weight is 467 g/mol. The number of carboxylic acids is 1. The van der Waals surface area contributed by atoms with Crippen LogP contribution in [0.2, 0.25) is 0 Å². The molecule has 1 saturated carbocycles. The Kier molecular flexibility index (Phi) is 7.17. The Hall–Kier alpha value is -3.39. The predicted molar refractivity (Wildman–Crippen MR) is 125 cm³/mol. The number of alkyl carbamates (subject to hydrolysis) is 1. The quantitative estimate of drug-likeness (QED) is 0.450. The number of carbonyl (C=O) groups excluding carboxylic acids is 2. The Morgan fingerprint density at radius 2 is 1.59 bits per heavy atom. The number of benzene rings is 2. The van der Waals surface area contributed by atoms with Crippen molar-refractivity contribution in [3.8, 4) is 11.1 Å². The summed E-state index contributed by atoms with van der Waals surface area (Å²) in [5.74, 6) is -1.73. The number of aliphatic hydroxyl groups is 1. The topological polar surface area (TPSA) is 125 Å². The third-order valence-corrected chi connectivity index (χ3v) is 6.82. The van der Waals surface area contributed by atoms with Crippen LogP contribution < -0.4 is 10.6 Å². The van der Waals surface area contributed by atoms with Crippen LogP contribution in [-0.4, -0.2) is 53.0 Å². The molecule has 34 heavy (non-hydrogen) atoms. The number of aliphatic hydroxyl groups excluding tert-OH is 1. The van der Waals surface area contributed by atoms with Gasteiger partial charge >= 0.3 is 12.1 Å². The Morgan fingerprint density at radius 1 is 1.00 bits per heavy atom. The SMILES string of the molecule is O=C(CC1(NC(=O)OCC2c3ccccc3-c3ccccc32)CCCC1)NC(CCO)C(=O)O. The maximum atomic E-state index is 12.8. The summed E-state index contributed by atoms with van der Waals surface area (Å²) in [6, 6.07) is 15.0. The van der Waals surface area contributed by atoms with Gasteiger partial charge in [-0.05, 0) is 35.1 Å². The molecule has 1 fully saturated rings. The highest BCUT2D eigenvalue weighted by atomic mass is 16.5. The number of carbonyl (C=O) groups is 3. The van der Waals surface area contributed by atoms with Crippen LogP contribution in [0.15, 0.2) is 48.5 Å². The summed E-state index contributed by atoms with van der Waals surface area (Å²) >= 11 is 0. The van der Waals surface area contributed by atoms with Crippen molar-refractivity contribution in [1.82, 2.24) is 10.6 Å². The first-order valence-electron chi connectivity index (χ1n) is 11.7. The summed E-state index contributed by atoms with van der Waals surface area (Å²) < 4.78 is 5.66. The van der Waals surface area contributed by atoms with Gasteiger partial charge in [0.1, 0.15) is 12.6 Å². The molecule has 2 aromatic carbocycles. The van der Waals surface area contributed by atoms with Crippen molar-refractivity contribution in [3.05, 3.63) is 59.7 Å². The fourth-order valence-corrected chi connectivity index (χ4v) is 5.19. The van der Waals surface area contributed by atoms with Crippen LogP contribution in [0.25, 0.3) is 11.1 Å². The van der Waals surface area contributed by atoms with Crippen LogP contribution in [0, 0.1) is 0 Å². The lowest BCUT2D eigenvalue weighted by Gasteiger charge is -2.30. The molecule has 2 amide bonds.